The van der Waals surface area contributed by atoms with Crippen LogP contribution in [0.15, 0.2) is 53.7 Å². The van der Waals surface area contributed by atoms with Crippen molar-refractivity contribution in [2.24, 2.45) is 4.99 Å². The summed E-state index contributed by atoms with van der Waals surface area (Å²) in [4.78, 5) is 14.1. The number of fused-ring (bicyclic) bond motifs is 1. The van der Waals surface area contributed by atoms with Crippen LogP contribution in [0.25, 0.3) is 6.08 Å². The third-order valence-electron chi connectivity index (χ3n) is 4.95. The standard InChI is InChI=1S/C20H25N5/c1-2-6-18-17(5-1)8-9-19(23-18)21-11-12-24-13-15-25(16-14-24)20-7-3-4-10-22-20/h1-8,10,19,21H,9,11-16H2. The Hall–Kier alpha value is -2.24. The predicted molar refractivity (Wildman–Crippen MR) is 101 cm³/mol. The van der Waals surface area contributed by atoms with Gasteiger partial charge in [0, 0.05) is 51.9 Å². The summed E-state index contributed by atoms with van der Waals surface area (Å²) >= 11 is 0. The molecule has 1 aromatic heterocycles. The van der Waals surface area contributed by atoms with Gasteiger partial charge in [0.05, 0.1) is 5.36 Å². The zero-order valence-electron chi connectivity index (χ0n) is 14.5. The molecular weight excluding hydrogens is 310 g/mol. The van der Waals surface area contributed by atoms with Gasteiger partial charge in [-0.25, -0.2) is 4.98 Å². The molecule has 1 fully saturated rings. The van der Waals surface area contributed by atoms with E-state index in [0.717, 1.165) is 56.9 Å². The summed E-state index contributed by atoms with van der Waals surface area (Å²) in [6.07, 6.45) is 5.34. The molecule has 2 aliphatic rings. The van der Waals surface area contributed by atoms with E-state index in [-0.39, 0.29) is 6.17 Å². The molecule has 3 heterocycles. The summed E-state index contributed by atoms with van der Waals surface area (Å²) in [5.41, 5.74) is 0. The van der Waals surface area contributed by atoms with Crippen LogP contribution in [-0.2, 0) is 0 Å². The summed E-state index contributed by atoms with van der Waals surface area (Å²) in [6, 6.07) is 14.5. The largest absolute Gasteiger partial charge is 0.354 e. The molecule has 1 saturated heterocycles. The molecule has 1 N–H and O–H groups in total. The minimum atomic E-state index is 0.213. The van der Waals surface area contributed by atoms with Gasteiger partial charge < -0.3 is 4.90 Å². The van der Waals surface area contributed by atoms with Gasteiger partial charge in [-0.3, -0.25) is 15.2 Å². The van der Waals surface area contributed by atoms with E-state index in [1.54, 1.807) is 0 Å². The van der Waals surface area contributed by atoms with Crippen molar-refractivity contribution >= 4 is 11.9 Å². The molecule has 5 nitrogen and oxygen atoms in total. The summed E-state index contributed by atoms with van der Waals surface area (Å²) in [7, 11) is 0. The Kier molecular flexibility index (Phi) is 5.04. The number of nitrogens with zero attached hydrogens (tertiary/aromatic N) is 4. The molecule has 0 amide bonds. The van der Waals surface area contributed by atoms with Crippen molar-refractivity contribution in [2.45, 2.75) is 12.6 Å². The Morgan fingerprint density at radius 2 is 1.84 bits per heavy atom. The smallest absolute Gasteiger partial charge is 0.128 e. The molecule has 1 unspecified atom stereocenters. The van der Waals surface area contributed by atoms with Crippen LogP contribution in [0.5, 0.6) is 0 Å². The van der Waals surface area contributed by atoms with Crippen molar-refractivity contribution in [3.8, 4) is 0 Å². The van der Waals surface area contributed by atoms with Crippen LogP contribution < -0.4 is 20.8 Å². The molecule has 1 aromatic carbocycles. The average molecular weight is 335 g/mol. The van der Waals surface area contributed by atoms with Crippen molar-refractivity contribution in [3.05, 3.63) is 59.2 Å². The number of piperazine rings is 1. The van der Waals surface area contributed by atoms with Crippen LogP contribution in [0, 0.1) is 0 Å². The van der Waals surface area contributed by atoms with Gasteiger partial charge in [-0.1, -0.05) is 30.3 Å². The Balaban J connectivity index is 1.22. The fraction of sp³-hybridized carbons (Fsp3) is 0.400. The zero-order chi connectivity index (χ0) is 16.9. The second kappa shape index (κ2) is 7.76. The molecule has 0 saturated carbocycles. The predicted octanol–water partition coefficient (Wildman–Crippen LogP) is 0.623. The van der Waals surface area contributed by atoms with Gasteiger partial charge in [-0.2, -0.15) is 0 Å². The van der Waals surface area contributed by atoms with Gasteiger partial charge in [0.2, 0.25) is 0 Å². The number of rotatable bonds is 5. The van der Waals surface area contributed by atoms with Crippen molar-refractivity contribution < 1.29 is 0 Å². The summed E-state index contributed by atoms with van der Waals surface area (Å²) in [5.74, 6) is 1.09. The van der Waals surface area contributed by atoms with Crippen molar-refractivity contribution in [3.63, 3.8) is 0 Å². The lowest BCUT2D eigenvalue weighted by molar-refractivity contribution is 0.253. The maximum atomic E-state index is 4.80. The molecule has 130 valence electrons. The van der Waals surface area contributed by atoms with Crippen molar-refractivity contribution in [1.82, 2.24) is 15.2 Å². The monoisotopic (exact) mass is 335 g/mol. The SMILES string of the molecule is C1=c2ccccc2=NC(NCCN2CCN(c3ccccn3)CC2)C1. The molecule has 2 aliphatic heterocycles. The fourth-order valence-corrected chi connectivity index (χ4v) is 3.50. The van der Waals surface area contributed by atoms with Crippen LogP contribution in [0.2, 0.25) is 0 Å². The third kappa shape index (κ3) is 4.06. The first-order valence-corrected chi connectivity index (χ1v) is 9.13. The summed E-state index contributed by atoms with van der Waals surface area (Å²) in [6.45, 7) is 6.33. The molecule has 0 aliphatic carbocycles. The summed E-state index contributed by atoms with van der Waals surface area (Å²) in [5, 5.41) is 5.95. The first-order valence-electron chi connectivity index (χ1n) is 9.13. The van der Waals surface area contributed by atoms with Gasteiger partial charge in [-0.15, -0.1) is 0 Å². The minimum Gasteiger partial charge on any atom is -0.354 e. The molecule has 0 bridgehead atoms. The van der Waals surface area contributed by atoms with Crippen molar-refractivity contribution in [1.29, 1.82) is 0 Å². The number of para-hydroxylation sites is 1. The number of hydrogen-bond donors (Lipinski definition) is 1. The van der Waals surface area contributed by atoms with E-state index in [9.17, 15) is 0 Å². The normalized spacial score (nSPS) is 20.5. The highest BCUT2D eigenvalue weighted by atomic mass is 15.3. The second-order valence-corrected chi connectivity index (χ2v) is 6.61. The average Bonchev–Trinajstić information content (AvgIpc) is 2.69. The van der Waals surface area contributed by atoms with E-state index in [1.807, 2.05) is 12.3 Å². The van der Waals surface area contributed by atoms with E-state index in [4.69, 9.17) is 4.99 Å². The Bertz CT molecular complexity index is 796. The maximum Gasteiger partial charge on any atom is 0.128 e. The quantitative estimate of drug-likeness (QED) is 0.870. The fourth-order valence-electron chi connectivity index (χ4n) is 3.50. The van der Waals surface area contributed by atoms with Crippen LogP contribution >= 0.6 is 0 Å². The molecule has 4 rings (SSSR count). The van der Waals surface area contributed by atoms with Crippen LogP contribution in [0.3, 0.4) is 0 Å². The highest BCUT2D eigenvalue weighted by molar-refractivity contribution is 5.38. The van der Waals surface area contributed by atoms with Crippen molar-refractivity contribution in [2.75, 3.05) is 44.2 Å². The maximum absolute atomic E-state index is 4.80. The number of hydrogen-bond acceptors (Lipinski definition) is 5. The minimum absolute atomic E-state index is 0.213. The molecule has 2 aromatic rings. The highest BCUT2D eigenvalue weighted by Crippen LogP contribution is 2.12. The molecule has 0 spiro atoms. The summed E-state index contributed by atoms with van der Waals surface area (Å²) < 4.78 is 0. The van der Waals surface area contributed by atoms with E-state index in [2.05, 4.69) is 62.6 Å². The Labute approximate surface area is 148 Å². The van der Waals surface area contributed by atoms with E-state index in [1.165, 1.54) is 5.22 Å². The van der Waals surface area contributed by atoms with Gasteiger partial charge in [0.15, 0.2) is 0 Å². The van der Waals surface area contributed by atoms with Gasteiger partial charge >= 0.3 is 0 Å². The Morgan fingerprint density at radius 1 is 1.00 bits per heavy atom. The number of nitrogens with one attached hydrogen (secondary N) is 1. The Morgan fingerprint density at radius 3 is 2.68 bits per heavy atom. The molecule has 25 heavy (non-hydrogen) atoms. The highest BCUT2D eigenvalue weighted by Gasteiger charge is 2.17. The first-order chi connectivity index (χ1) is 12.4. The van der Waals surface area contributed by atoms with Crippen LogP contribution in [-0.4, -0.2) is 55.3 Å². The third-order valence-corrected chi connectivity index (χ3v) is 4.95. The number of pyridine rings is 1. The van der Waals surface area contributed by atoms with E-state index in [0.29, 0.717) is 0 Å². The molecule has 0 radical (unpaired) electrons. The molecular formula is C20H25N5. The van der Waals surface area contributed by atoms with Gasteiger partial charge in [0.25, 0.3) is 0 Å². The van der Waals surface area contributed by atoms with Gasteiger partial charge in [-0.05, 0) is 23.4 Å². The lowest BCUT2D eigenvalue weighted by Gasteiger charge is -2.35. The van der Waals surface area contributed by atoms with Crippen LogP contribution in [0.4, 0.5) is 5.82 Å². The zero-order valence-corrected chi connectivity index (χ0v) is 14.5. The number of anilines is 1. The molecule has 5 heteroatoms. The number of benzene rings is 1. The van der Waals surface area contributed by atoms with Gasteiger partial charge in [0.1, 0.15) is 12.0 Å². The first kappa shape index (κ1) is 16.2. The van der Waals surface area contributed by atoms with E-state index < -0.39 is 0 Å². The lowest BCUT2D eigenvalue weighted by Crippen LogP contribution is -2.49. The molecule has 1 atom stereocenters. The van der Waals surface area contributed by atoms with E-state index >= 15 is 0 Å². The topological polar surface area (TPSA) is 43.8 Å². The lowest BCUT2D eigenvalue weighted by atomic mass is 10.2. The van der Waals surface area contributed by atoms with Crippen LogP contribution in [0.1, 0.15) is 6.42 Å². The second-order valence-electron chi connectivity index (χ2n) is 6.61. The number of aromatic nitrogens is 1.